The minimum absolute atomic E-state index is 0.378. The summed E-state index contributed by atoms with van der Waals surface area (Å²) < 4.78 is 5.46. The van der Waals surface area contributed by atoms with Crippen molar-refractivity contribution in [2.45, 2.75) is 19.1 Å². The van der Waals surface area contributed by atoms with Crippen molar-refractivity contribution >= 4 is 22.7 Å². The van der Waals surface area contributed by atoms with Gasteiger partial charge in [0.2, 0.25) is 0 Å². The van der Waals surface area contributed by atoms with E-state index in [1.165, 1.54) is 10.4 Å². The molecule has 1 atom stereocenters. The molecule has 19 heavy (non-hydrogen) atoms. The lowest BCUT2D eigenvalue weighted by molar-refractivity contribution is 0.0300. The second kappa shape index (κ2) is 8.45. The van der Waals surface area contributed by atoms with Crippen LogP contribution in [0.15, 0.2) is 34.3 Å². The molecule has 104 valence electrons. The second-order valence-electron chi connectivity index (χ2n) is 4.33. The Morgan fingerprint density at radius 3 is 3.00 bits per heavy atom. The van der Waals surface area contributed by atoms with Gasteiger partial charge in [0.15, 0.2) is 0 Å². The van der Waals surface area contributed by atoms with Crippen molar-refractivity contribution in [2.75, 3.05) is 19.7 Å². The zero-order valence-electron chi connectivity index (χ0n) is 10.7. The van der Waals surface area contributed by atoms with E-state index >= 15 is 0 Å². The predicted octanol–water partition coefficient (Wildman–Crippen LogP) is 2.52. The van der Waals surface area contributed by atoms with Crippen LogP contribution in [-0.4, -0.2) is 30.9 Å². The van der Waals surface area contributed by atoms with Crippen molar-refractivity contribution < 1.29 is 9.84 Å². The summed E-state index contributed by atoms with van der Waals surface area (Å²) in [4.78, 5) is 1.19. The minimum atomic E-state index is -0.442. The van der Waals surface area contributed by atoms with E-state index in [0.29, 0.717) is 19.8 Å². The maximum absolute atomic E-state index is 9.75. The maximum Gasteiger partial charge on any atom is 0.0897 e. The molecule has 0 amide bonds. The van der Waals surface area contributed by atoms with Crippen LogP contribution in [0.2, 0.25) is 0 Å². The molecule has 2 heterocycles. The zero-order valence-corrected chi connectivity index (χ0v) is 12.4. The molecule has 0 aromatic carbocycles. The van der Waals surface area contributed by atoms with Crippen LogP contribution >= 0.6 is 22.7 Å². The van der Waals surface area contributed by atoms with E-state index < -0.39 is 6.10 Å². The Morgan fingerprint density at radius 2 is 2.26 bits per heavy atom. The van der Waals surface area contributed by atoms with Gasteiger partial charge in [-0.05, 0) is 46.8 Å². The van der Waals surface area contributed by atoms with Gasteiger partial charge in [-0.25, -0.2) is 0 Å². The summed E-state index contributed by atoms with van der Waals surface area (Å²) in [5.74, 6) is 0. The lowest BCUT2D eigenvalue weighted by atomic mass is 10.2. The molecule has 2 N–H and O–H groups in total. The van der Waals surface area contributed by atoms with Crippen molar-refractivity contribution in [1.82, 2.24) is 5.32 Å². The number of hydrogen-bond acceptors (Lipinski definition) is 5. The Balaban J connectivity index is 1.48. The Bertz CT molecular complexity index is 428. The van der Waals surface area contributed by atoms with E-state index in [4.69, 9.17) is 4.74 Å². The van der Waals surface area contributed by atoms with Crippen molar-refractivity contribution in [3.05, 3.63) is 44.8 Å². The second-order valence-corrected chi connectivity index (χ2v) is 6.15. The molecule has 0 aliphatic heterocycles. The Morgan fingerprint density at radius 1 is 1.32 bits per heavy atom. The molecule has 0 saturated heterocycles. The van der Waals surface area contributed by atoms with Crippen LogP contribution in [0.3, 0.4) is 0 Å². The first kappa shape index (κ1) is 14.7. The topological polar surface area (TPSA) is 41.5 Å². The largest absolute Gasteiger partial charge is 0.389 e. The van der Waals surface area contributed by atoms with Crippen LogP contribution in [0.25, 0.3) is 0 Å². The third-order valence-corrected chi connectivity index (χ3v) is 4.27. The van der Waals surface area contributed by atoms with E-state index in [2.05, 4.69) is 22.1 Å². The third-order valence-electron chi connectivity index (χ3n) is 2.69. The number of aliphatic hydroxyl groups is 1. The lowest BCUT2D eigenvalue weighted by Crippen LogP contribution is -2.31. The van der Waals surface area contributed by atoms with Gasteiger partial charge >= 0.3 is 0 Å². The molecule has 2 rings (SSSR count). The van der Waals surface area contributed by atoms with E-state index in [9.17, 15) is 5.11 Å². The van der Waals surface area contributed by atoms with E-state index in [-0.39, 0.29) is 0 Å². The van der Waals surface area contributed by atoms with Gasteiger partial charge in [0.1, 0.15) is 0 Å². The van der Waals surface area contributed by atoms with Crippen molar-refractivity contribution in [2.24, 2.45) is 0 Å². The van der Waals surface area contributed by atoms with Crippen LogP contribution < -0.4 is 5.32 Å². The average Bonchev–Trinajstić information content (AvgIpc) is 3.07. The Kier molecular flexibility index (Phi) is 6.53. The fourth-order valence-electron chi connectivity index (χ4n) is 1.69. The number of hydrogen-bond donors (Lipinski definition) is 2. The Labute approximate surface area is 121 Å². The van der Waals surface area contributed by atoms with Crippen LogP contribution in [0.4, 0.5) is 0 Å². The van der Waals surface area contributed by atoms with Crippen molar-refractivity contribution in [1.29, 1.82) is 0 Å². The van der Waals surface area contributed by atoms with Crippen LogP contribution in [0.1, 0.15) is 10.4 Å². The number of nitrogens with one attached hydrogen (secondary N) is 1. The highest BCUT2D eigenvalue weighted by molar-refractivity contribution is 7.09. The number of aliphatic hydroxyl groups excluding tert-OH is 1. The van der Waals surface area contributed by atoms with E-state index in [1.54, 1.807) is 22.7 Å². The quantitative estimate of drug-likeness (QED) is 0.699. The van der Waals surface area contributed by atoms with Gasteiger partial charge < -0.3 is 15.2 Å². The van der Waals surface area contributed by atoms with Crippen LogP contribution in [0, 0.1) is 0 Å². The van der Waals surface area contributed by atoms with Crippen LogP contribution in [-0.2, 0) is 17.8 Å². The zero-order chi connectivity index (χ0) is 13.3. The van der Waals surface area contributed by atoms with Gasteiger partial charge in [-0.15, -0.1) is 11.3 Å². The summed E-state index contributed by atoms with van der Waals surface area (Å²) in [7, 11) is 0. The normalized spacial score (nSPS) is 12.7. The standard InChI is InChI=1S/C14H19NO2S2/c16-13(9-17-10-14-2-1-6-19-14)8-15-5-3-12-4-7-18-11-12/h1-2,4,6-7,11,13,15-16H,3,5,8-10H2. The average molecular weight is 297 g/mol. The van der Waals surface area contributed by atoms with Crippen molar-refractivity contribution in [3.63, 3.8) is 0 Å². The van der Waals surface area contributed by atoms with Gasteiger partial charge in [0.05, 0.1) is 19.3 Å². The molecule has 0 spiro atoms. The number of rotatable bonds is 9. The molecule has 2 aromatic heterocycles. The van der Waals surface area contributed by atoms with Gasteiger partial charge in [-0.3, -0.25) is 0 Å². The molecule has 5 heteroatoms. The fourth-order valence-corrected chi connectivity index (χ4v) is 3.03. The van der Waals surface area contributed by atoms with Crippen LogP contribution in [0.5, 0.6) is 0 Å². The smallest absolute Gasteiger partial charge is 0.0897 e. The molecule has 0 aliphatic rings. The Hall–Kier alpha value is -0.720. The predicted molar refractivity (Wildman–Crippen MR) is 80.9 cm³/mol. The van der Waals surface area contributed by atoms with E-state index in [1.807, 2.05) is 17.5 Å². The molecular weight excluding hydrogens is 278 g/mol. The van der Waals surface area contributed by atoms with Gasteiger partial charge in [0, 0.05) is 11.4 Å². The summed E-state index contributed by atoms with van der Waals surface area (Å²) in [5.41, 5.74) is 1.35. The molecular formula is C14H19NO2S2. The van der Waals surface area contributed by atoms with Gasteiger partial charge in [-0.1, -0.05) is 6.07 Å². The first-order chi connectivity index (χ1) is 9.34. The highest BCUT2D eigenvalue weighted by atomic mass is 32.1. The molecule has 0 aliphatic carbocycles. The highest BCUT2D eigenvalue weighted by Crippen LogP contribution is 2.09. The molecule has 0 saturated carbocycles. The highest BCUT2D eigenvalue weighted by Gasteiger charge is 2.04. The summed E-state index contributed by atoms with van der Waals surface area (Å²) in [6, 6.07) is 6.18. The minimum Gasteiger partial charge on any atom is -0.389 e. The van der Waals surface area contributed by atoms with E-state index in [0.717, 1.165) is 13.0 Å². The number of thiophene rings is 2. The molecule has 0 fully saturated rings. The van der Waals surface area contributed by atoms with Gasteiger partial charge in [0.25, 0.3) is 0 Å². The molecule has 3 nitrogen and oxygen atoms in total. The SMILES string of the molecule is OC(CNCCc1ccsc1)COCc1cccs1. The maximum atomic E-state index is 9.75. The molecule has 0 bridgehead atoms. The van der Waals surface area contributed by atoms with Gasteiger partial charge in [-0.2, -0.15) is 11.3 Å². The summed E-state index contributed by atoms with van der Waals surface area (Å²) in [6.07, 6.45) is 0.564. The molecule has 0 radical (unpaired) electrons. The monoisotopic (exact) mass is 297 g/mol. The summed E-state index contributed by atoms with van der Waals surface area (Å²) >= 11 is 3.39. The fraction of sp³-hybridized carbons (Fsp3) is 0.429. The third kappa shape index (κ3) is 5.84. The molecule has 2 aromatic rings. The summed E-state index contributed by atoms with van der Waals surface area (Å²) in [6.45, 7) is 2.43. The summed E-state index contributed by atoms with van der Waals surface area (Å²) in [5, 5.41) is 19.3. The molecule has 1 unspecified atom stereocenters. The van der Waals surface area contributed by atoms with Crippen molar-refractivity contribution in [3.8, 4) is 0 Å². The first-order valence-corrected chi connectivity index (χ1v) is 8.17. The lowest BCUT2D eigenvalue weighted by Gasteiger charge is -2.11. The first-order valence-electron chi connectivity index (χ1n) is 6.34. The number of ether oxygens (including phenoxy) is 1.